The number of benzene rings is 1. The molecule has 6 nitrogen and oxygen atoms in total. The van der Waals surface area contributed by atoms with Crippen LogP contribution in [0, 0.1) is 0 Å². The summed E-state index contributed by atoms with van der Waals surface area (Å²) < 4.78 is 5.98. The quantitative estimate of drug-likeness (QED) is 0.724. The van der Waals surface area contributed by atoms with Crippen molar-refractivity contribution in [3.8, 4) is 11.3 Å². The first-order valence-corrected chi connectivity index (χ1v) is 8.33. The fourth-order valence-corrected chi connectivity index (χ4v) is 3.32. The minimum atomic E-state index is -0.0502. The van der Waals surface area contributed by atoms with Gasteiger partial charge in [-0.1, -0.05) is 34.8 Å². The van der Waals surface area contributed by atoms with Gasteiger partial charge in [-0.3, -0.25) is 4.79 Å². The van der Waals surface area contributed by atoms with Crippen LogP contribution in [-0.4, -0.2) is 43.0 Å². The highest BCUT2D eigenvalue weighted by Gasteiger charge is 2.23. The lowest BCUT2D eigenvalue weighted by atomic mass is 10.2. The van der Waals surface area contributed by atoms with Crippen molar-refractivity contribution in [2.24, 2.45) is 0 Å². The van der Waals surface area contributed by atoms with E-state index >= 15 is 0 Å². The van der Waals surface area contributed by atoms with Crippen LogP contribution in [0.3, 0.4) is 0 Å². The third-order valence-electron chi connectivity index (χ3n) is 4.07. The zero-order chi connectivity index (χ0) is 15.6. The van der Waals surface area contributed by atoms with E-state index in [2.05, 4.69) is 31.3 Å². The Morgan fingerprint density at radius 3 is 2.78 bits per heavy atom. The zero-order valence-corrected chi connectivity index (χ0v) is 13.2. The molecule has 4 rings (SSSR count). The van der Waals surface area contributed by atoms with Gasteiger partial charge >= 0.3 is 0 Å². The van der Waals surface area contributed by atoms with Crippen LogP contribution in [0.5, 0.6) is 0 Å². The highest BCUT2D eigenvalue weighted by Crippen LogP contribution is 2.22. The molecule has 116 valence electrons. The second-order valence-electron chi connectivity index (χ2n) is 5.41. The van der Waals surface area contributed by atoms with Crippen molar-refractivity contribution >= 4 is 17.4 Å². The Labute approximate surface area is 137 Å². The molecule has 0 bridgehead atoms. The summed E-state index contributed by atoms with van der Waals surface area (Å²) in [7, 11) is 0. The molecule has 1 aliphatic heterocycles. The minimum absolute atomic E-state index is 0.0502. The summed E-state index contributed by atoms with van der Waals surface area (Å²) in [6.07, 6.45) is 2.67. The number of carbonyl (C=O) groups excluding carboxylic acids is 1. The van der Waals surface area contributed by atoms with E-state index in [0.717, 1.165) is 30.0 Å². The summed E-state index contributed by atoms with van der Waals surface area (Å²) >= 11 is 1.20. The van der Waals surface area contributed by atoms with Gasteiger partial charge in [0.2, 0.25) is 0 Å². The Kier molecular flexibility index (Phi) is 3.63. The monoisotopic (exact) mass is 325 g/mol. The van der Waals surface area contributed by atoms with E-state index in [4.69, 9.17) is 0 Å². The second kappa shape index (κ2) is 5.92. The topological polar surface area (TPSA) is 63.9 Å². The fourth-order valence-electron chi connectivity index (χ4n) is 2.89. The zero-order valence-electron chi connectivity index (χ0n) is 12.4. The van der Waals surface area contributed by atoms with Crippen molar-refractivity contribution in [2.75, 3.05) is 13.1 Å². The van der Waals surface area contributed by atoms with E-state index in [-0.39, 0.29) is 5.91 Å². The predicted molar refractivity (Wildman–Crippen MR) is 87.2 cm³/mol. The molecule has 0 radical (unpaired) electrons. The molecule has 3 heterocycles. The number of fused-ring (bicyclic) bond motifs is 1. The lowest BCUT2D eigenvalue weighted by Gasteiger charge is -2.18. The molecule has 1 amide bonds. The number of rotatable bonds is 2. The fraction of sp³-hybridized carbons (Fsp3) is 0.250. The van der Waals surface area contributed by atoms with Gasteiger partial charge in [-0.15, -0.1) is 5.10 Å². The molecule has 0 N–H and O–H groups in total. The van der Waals surface area contributed by atoms with E-state index in [1.54, 1.807) is 5.38 Å². The number of carbonyl (C=O) groups is 1. The van der Waals surface area contributed by atoms with E-state index in [9.17, 15) is 4.79 Å². The van der Waals surface area contributed by atoms with Gasteiger partial charge in [0.1, 0.15) is 5.82 Å². The first-order valence-electron chi connectivity index (χ1n) is 7.49. The van der Waals surface area contributed by atoms with E-state index in [1.807, 2.05) is 29.3 Å². The number of nitrogens with zero attached hydrogens (tertiary/aromatic N) is 5. The van der Waals surface area contributed by atoms with Crippen molar-refractivity contribution < 1.29 is 4.79 Å². The van der Waals surface area contributed by atoms with Crippen LogP contribution >= 0.6 is 11.5 Å². The van der Waals surface area contributed by atoms with Gasteiger partial charge in [-0.2, -0.15) is 0 Å². The highest BCUT2D eigenvalue weighted by atomic mass is 32.1. The summed E-state index contributed by atoms with van der Waals surface area (Å²) in [6.45, 7) is 2.05. The maximum atomic E-state index is 12.4. The molecule has 0 atom stereocenters. The number of imidazole rings is 1. The van der Waals surface area contributed by atoms with Crippen molar-refractivity contribution in [3.05, 3.63) is 53.4 Å². The van der Waals surface area contributed by atoms with Gasteiger partial charge in [0, 0.05) is 31.4 Å². The maximum absolute atomic E-state index is 12.4. The van der Waals surface area contributed by atoms with Crippen LogP contribution < -0.4 is 0 Å². The first kappa shape index (κ1) is 14.1. The van der Waals surface area contributed by atoms with E-state index in [0.29, 0.717) is 18.8 Å². The predicted octanol–water partition coefficient (Wildman–Crippen LogP) is 2.10. The number of hydrogen-bond donors (Lipinski definition) is 0. The minimum Gasteiger partial charge on any atom is -0.335 e. The van der Waals surface area contributed by atoms with Crippen molar-refractivity contribution in [1.29, 1.82) is 0 Å². The molecule has 0 spiro atoms. The normalized spacial score (nSPS) is 14.3. The lowest BCUT2D eigenvalue weighted by Crippen LogP contribution is -2.33. The molecular formula is C16H15N5OS. The number of amides is 1. The van der Waals surface area contributed by atoms with Crippen LogP contribution in [0.4, 0.5) is 0 Å². The molecule has 1 aliphatic rings. The van der Waals surface area contributed by atoms with Crippen LogP contribution in [-0.2, 0) is 13.0 Å². The SMILES string of the molecule is O=C(c1csnn1)N1CCc2ncc(-c3ccccc3)n2CC1. The summed E-state index contributed by atoms with van der Waals surface area (Å²) in [5, 5.41) is 5.57. The lowest BCUT2D eigenvalue weighted by molar-refractivity contribution is 0.0753. The molecule has 23 heavy (non-hydrogen) atoms. The second-order valence-corrected chi connectivity index (χ2v) is 6.02. The average Bonchev–Trinajstić information content (AvgIpc) is 3.21. The summed E-state index contributed by atoms with van der Waals surface area (Å²) in [5.41, 5.74) is 2.68. The van der Waals surface area contributed by atoms with Gasteiger partial charge in [-0.25, -0.2) is 4.98 Å². The Balaban J connectivity index is 1.58. The first-order chi connectivity index (χ1) is 11.3. The Morgan fingerprint density at radius 1 is 1.13 bits per heavy atom. The van der Waals surface area contributed by atoms with Gasteiger partial charge in [0.05, 0.1) is 11.9 Å². The van der Waals surface area contributed by atoms with Gasteiger partial charge < -0.3 is 9.47 Å². The van der Waals surface area contributed by atoms with Crippen molar-refractivity contribution in [2.45, 2.75) is 13.0 Å². The van der Waals surface area contributed by atoms with E-state index in [1.165, 1.54) is 11.5 Å². The Hall–Kier alpha value is -2.54. The van der Waals surface area contributed by atoms with Crippen LogP contribution in [0.15, 0.2) is 41.9 Å². The average molecular weight is 325 g/mol. The molecular weight excluding hydrogens is 310 g/mol. The summed E-state index contributed by atoms with van der Waals surface area (Å²) in [5.74, 6) is 0.973. The molecule has 0 saturated carbocycles. The Morgan fingerprint density at radius 2 is 2.00 bits per heavy atom. The Bertz CT molecular complexity index is 812. The highest BCUT2D eigenvalue weighted by molar-refractivity contribution is 7.03. The third kappa shape index (κ3) is 2.63. The molecule has 7 heteroatoms. The third-order valence-corrected chi connectivity index (χ3v) is 4.58. The molecule has 3 aromatic rings. The molecule has 0 saturated heterocycles. The summed E-state index contributed by atoms with van der Waals surface area (Å²) in [4.78, 5) is 18.8. The largest absolute Gasteiger partial charge is 0.335 e. The van der Waals surface area contributed by atoms with Gasteiger partial charge in [-0.05, 0) is 17.1 Å². The molecule has 0 fully saturated rings. The van der Waals surface area contributed by atoms with Crippen LogP contribution in [0.2, 0.25) is 0 Å². The maximum Gasteiger partial charge on any atom is 0.275 e. The standard InChI is InChI=1S/C16H15N5OS/c22-16(13-11-23-19-18-13)20-7-6-15-17-10-14(21(15)9-8-20)12-4-2-1-3-5-12/h1-5,10-11H,6-9H2. The van der Waals surface area contributed by atoms with E-state index < -0.39 is 0 Å². The number of hydrogen-bond acceptors (Lipinski definition) is 5. The smallest absolute Gasteiger partial charge is 0.275 e. The molecule has 2 aromatic heterocycles. The summed E-state index contributed by atoms with van der Waals surface area (Å²) in [6, 6.07) is 10.2. The molecule has 1 aromatic carbocycles. The van der Waals surface area contributed by atoms with Gasteiger partial charge in [0.15, 0.2) is 5.69 Å². The van der Waals surface area contributed by atoms with Crippen LogP contribution in [0.25, 0.3) is 11.3 Å². The van der Waals surface area contributed by atoms with Gasteiger partial charge in [0.25, 0.3) is 5.91 Å². The van der Waals surface area contributed by atoms with Crippen LogP contribution in [0.1, 0.15) is 16.3 Å². The van der Waals surface area contributed by atoms with Crippen molar-refractivity contribution in [3.63, 3.8) is 0 Å². The van der Waals surface area contributed by atoms with Crippen molar-refractivity contribution in [1.82, 2.24) is 24.0 Å². The molecule has 0 aliphatic carbocycles. The molecule has 0 unspecified atom stereocenters. The number of aromatic nitrogens is 4.